The van der Waals surface area contributed by atoms with Crippen LogP contribution in [0.5, 0.6) is 0 Å². The number of ether oxygens (including phenoxy) is 1. The molecule has 0 bridgehead atoms. The van der Waals surface area contributed by atoms with Gasteiger partial charge in [-0.05, 0) is 19.1 Å². The lowest BCUT2D eigenvalue weighted by Crippen LogP contribution is -2.44. The molecule has 2 N–H and O–H groups in total. The minimum Gasteiger partial charge on any atom is -0.481 e. The lowest BCUT2D eigenvalue weighted by molar-refractivity contribution is -0.136. The summed E-state index contributed by atoms with van der Waals surface area (Å²) in [6, 6.07) is 4.33. The van der Waals surface area contributed by atoms with Crippen LogP contribution in [0.4, 0.5) is 0 Å². The molecule has 6 heteroatoms. The molecule has 1 aliphatic heterocycles. The van der Waals surface area contributed by atoms with Crippen LogP contribution in [0.2, 0.25) is 0 Å². The van der Waals surface area contributed by atoms with Gasteiger partial charge >= 0.3 is 5.97 Å². The zero-order valence-corrected chi connectivity index (χ0v) is 12.6. The van der Waals surface area contributed by atoms with Crippen LogP contribution in [0.1, 0.15) is 16.7 Å². The Morgan fingerprint density at radius 1 is 1.45 bits per heavy atom. The average molecular weight is 298 g/mol. The molecule has 2 heterocycles. The highest BCUT2D eigenvalue weighted by molar-refractivity contribution is 7.12. The van der Waals surface area contributed by atoms with Crippen molar-refractivity contribution in [1.29, 1.82) is 0 Å². The number of carbonyl (C=O) groups is 1. The first-order valence-corrected chi connectivity index (χ1v) is 7.78. The molecule has 1 fully saturated rings. The summed E-state index contributed by atoms with van der Waals surface area (Å²) >= 11 is 1.57. The topological polar surface area (TPSA) is 61.8 Å². The molecule has 2 rings (SSSR count). The highest BCUT2D eigenvalue weighted by Crippen LogP contribution is 2.17. The van der Waals surface area contributed by atoms with Crippen LogP contribution in [0.3, 0.4) is 0 Å². The van der Waals surface area contributed by atoms with Gasteiger partial charge in [0.2, 0.25) is 0 Å². The van der Waals surface area contributed by atoms with E-state index in [4.69, 9.17) is 9.84 Å². The number of thiophene rings is 1. The second-order valence-corrected chi connectivity index (χ2v) is 6.39. The zero-order chi connectivity index (χ0) is 14.4. The molecule has 0 amide bonds. The maximum Gasteiger partial charge on any atom is 0.308 e. The molecule has 0 aromatic carbocycles. The Labute approximate surface area is 123 Å². The third-order valence-electron chi connectivity index (χ3n) is 3.30. The van der Waals surface area contributed by atoms with Crippen LogP contribution < -0.4 is 5.32 Å². The minimum absolute atomic E-state index is 0.119. The van der Waals surface area contributed by atoms with E-state index >= 15 is 0 Å². The molecule has 0 radical (unpaired) electrons. The normalized spacial score (nSPS) is 18.1. The van der Waals surface area contributed by atoms with Gasteiger partial charge in [-0.25, -0.2) is 0 Å². The predicted molar refractivity (Wildman–Crippen MR) is 79.2 cm³/mol. The van der Waals surface area contributed by atoms with Crippen molar-refractivity contribution in [2.45, 2.75) is 25.9 Å². The molecule has 20 heavy (non-hydrogen) atoms. The van der Waals surface area contributed by atoms with Gasteiger partial charge < -0.3 is 15.2 Å². The van der Waals surface area contributed by atoms with Gasteiger partial charge in [0, 0.05) is 42.0 Å². The monoisotopic (exact) mass is 298 g/mol. The predicted octanol–water partition coefficient (Wildman–Crippen LogP) is 1.19. The van der Waals surface area contributed by atoms with Crippen molar-refractivity contribution in [2.75, 3.05) is 32.8 Å². The summed E-state index contributed by atoms with van der Waals surface area (Å²) < 4.78 is 5.34. The SMILES string of the molecule is CC(CN1CCOCC1)NCc1ccc(CC(=O)O)s1. The number of hydrogen-bond acceptors (Lipinski definition) is 5. The molecule has 112 valence electrons. The Kier molecular flexibility index (Phi) is 5.97. The Bertz CT molecular complexity index is 430. The van der Waals surface area contributed by atoms with E-state index in [0.29, 0.717) is 6.04 Å². The quantitative estimate of drug-likeness (QED) is 0.792. The highest BCUT2D eigenvalue weighted by atomic mass is 32.1. The van der Waals surface area contributed by atoms with Crippen LogP contribution in [0.25, 0.3) is 0 Å². The lowest BCUT2D eigenvalue weighted by atomic mass is 10.2. The number of carboxylic acids is 1. The van der Waals surface area contributed by atoms with Gasteiger partial charge in [-0.1, -0.05) is 0 Å². The molecule has 0 saturated carbocycles. The molecule has 5 nitrogen and oxygen atoms in total. The highest BCUT2D eigenvalue weighted by Gasteiger charge is 2.13. The van der Waals surface area contributed by atoms with E-state index in [-0.39, 0.29) is 6.42 Å². The summed E-state index contributed by atoms with van der Waals surface area (Å²) in [5, 5.41) is 12.2. The van der Waals surface area contributed by atoms with E-state index in [1.807, 2.05) is 12.1 Å². The van der Waals surface area contributed by atoms with Gasteiger partial charge in [-0.15, -0.1) is 11.3 Å². The van der Waals surface area contributed by atoms with Crippen LogP contribution in [-0.4, -0.2) is 54.9 Å². The average Bonchev–Trinajstić information content (AvgIpc) is 2.84. The smallest absolute Gasteiger partial charge is 0.308 e. The third kappa shape index (κ3) is 5.20. The molecular formula is C14H22N2O3S. The van der Waals surface area contributed by atoms with E-state index in [9.17, 15) is 4.79 Å². The second-order valence-electron chi connectivity index (χ2n) is 5.13. The molecule has 1 unspecified atom stereocenters. The largest absolute Gasteiger partial charge is 0.481 e. The molecule has 1 aliphatic rings. The van der Waals surface area contributed by atoms with Gasteiger partial charge in [-0.3, -0.25) is 9.69 Å². The van der Waals surface area contributed by atoms with E-state index in [0.717, 1.165) is 44.3 Å². The van der Waals surface area contributed by atoms with E-state index in [1.165, 1.54) is 4.88 Å². The third-order valence-corrected chi connectivity index (χ3v) is 4.39. The van der Waals surface area contributed by atoms with Crippen molar-refractivity contribution in [1.82, 2.24) is 10.2 Å². The first kappa shape index (κ1) is 15.4. The fourth-order valence-corrected chi connectivity index (χ4v) is 3.23. The molecule has 1 saturated heterocycles. The number of carboxylic acid groups (broad SMARTS) is 1. The number of morpholine rings is 1. The van der Waals surface area contributed by atoms with E-state index in [2.05, 4.69) is 17.1 Å². The molecule has 1 aromatic rings. The maximum absolute atomic E-state index is 10.6. The number of hydrogen-bond donors (Lipinski definition) is 2. The van der Waals surface area contributed by atoms with Crippen molar-refractivity contribution < 1.29 is 14.6 Å². The van der Waals surface area contributed by atoms with Crippen molar-refractivity contribution >= 4 is 17.3 Å². The lowest BCUT2D eigenvalue weighted by Gasteiger charge is -2.29. The van der Waals surface area contributed by atoms with Crippen LogP contribution in [0, 0.1) is 0 Å². The number of rotatable bonds is 7. The summed E-state index contributed by atoms with van der Waals surface area (Å²) in [5.74, 6) is -0.771. The van der Waals surface area contributed by atoms with E-state index < -0.39 is 5.97 Å². The molecular weight excluding hydrogens is 276 g/mol. The van der Waals surface area contributed by atoms with Gasteiger partial charge in [0.05, 0.1) is 19.6 Å². The summed E-state index contributed by atoms with van der Waals surface area (Å²) in [5.41, 5.74) is 0. The molecule has 1 atom stereocenters. The number of nitrogens with zero attached hydrogens (tertiary/aromatic N) is 1. The van der Waals surface area contributed by atoms with Gasteiger partial charge in [0.1, 0.15) is 0 Å². The van der Waals surface area contributed by atoms with Gasteiger partial charge in [0.15, 0.2) is 0 Å². The standard InChI is InChI=1S/C14H22N2O3S/c1-11(10-16-4-6-19-7-5-16)15-9-13-3-2-12(20-13)8-14(17)18/h2-3,11,15H,4-10H2,1H3,(H,17,18). The fraction of sp³-hybridized carbons (Fsp3) is 0.643. The van der Waals surface area contributed by atoms with Crippen LogP contribution >= 0.6 is 11.3 Å². The van der Waals surface area contributed by atoms with Crippen molar-refractivity contribution in [3.05, 3.63) is 21.9 Å². The summed E-state index contributed by atoms with van der Waals surface area (Å²) in [7, 11) is 0. The number of nitrogens with one attached hydrogen (secondary N) is 1. The van der Waals surface area contributed by atoms with Gasteiger partial charge in [-0.2, -0.15) is 0 Å². The Balaban J connectivity index is 1.70. The molecule has 0 aliphatic carbocycles. The summed E-state index contributed by atoms with van der Waals surface area (Å²) in [4.78, 5) is 15.2. The Morgan fingerprint density at radius 2 is 2.15 bits per heavy atom. The summed E-state index contributed by atoms with van der Waals surface area (Å²) in [6.45, 7) is 7.68. The van der Waals surface area contributed by atoms with Crippen molar-refractivity contribution in [3.8, 4) is 0 Å². The molecule has 0 spiro atoms. The van der Waals surface area contributed by atoms with Crippen molar-refractivity contribution in [2.24, 2.45) is 0 Å². The zero-order valence-electron chi connectivity index (χ0n) is 11.8. The number of aliphatic carboxylic acids is 1. The first-order chi connectivity index (χ1) is 9.63. The van der Waals surface area contributed by atoms with Crippen LogP contribution in [-0.2, 0) is 22.5 Å². The van der Waals surface area contributed by atoms with Crippen LogP contribution in [0.15, 0.2) is 12.1 Å². The second kappa shape index (κ2) is 7.73. The Hall–Kier alpha value is -0.950. The minimum atomic E-state index is -0.771. The van der Waals surface area contributed by atoms with E-state index in [1.54, 1.807) is 11.3 Å². The first-order valence-electron chi connectivity index (χ1n) is 6.96. The summed E-state index contributed by atoms with van der Waals surface area (Å²) in [6.07, 6.45) is 0.119. The maximum atomic E-state index is 10.6. The fourth-order valence-electron chi connectivity index (χ4n) is 2.27. The molecule has 1 aromatic heterocycles. The van der Waals surface area contributed by atoms with Crippen molar-refractivity contribution in [3.63, 3.8) is 0 Å². The van der Waals surface area contributed by atoms with Gasteiger partial charge in [0.25, 0.3) is 0 Å². The Morgan fingerprint density at radius 3 is 2.85 bits per heavy atom.